The molecule has 0 aromatic heterocycles. The summed E-state index contributed by atoms with van der Waals surface area (Å²) in [5, 5.41) is 29.2. The van der Waals surface area contributed by atoms with E-state index in [2.05, 4.69) is 5.32 Å². The molecule has 3 N–H and O–H groups in total. The number of aliphatic hydroxyl groups is 2. The van der Waals surface area contributed by atoms with Crippen molar-refractivity contribution in [2.75, 3.05) is 16.8 Å². The number of benzene rings is 4. The second-order valence-electron chi connectivity index (χ2n) is 9.31. The number of nitrogens with zero attached hydrogens (tertiary/aromatic N) is 1. The Bertz CT molecular complexity index is 1470. The van der Waals surface area contributed by atoms with Gasteiger partial charge in [-0.15, -0.1) is 0 Å². The van der Waals surface area contributed by atoms with E-state index in [4.69, 9.17) is 11.6 Å². The van der Waals surface area contributed by atoms with E-state index in [0.29, 0.717) is 29.2 Å². The molecule has 0 bridgehead atoms. The van der Waals surface area contributed by atoms with Crippen LogP contribution in [0.1, 0.15) is 30.6 Å². The zero-order chi connectivity index (χ0) is 25.9. The fraction of sp³-hybridized carbons (Fsp3) is 0.194. The van der Waals surface area contributed by atoms with Gasteiger partial charge in [0.25, 0.3) is 5.91 Å². The fourth-order valence-corrected chi connectivity index (χ4v) is 5.05. The Hall–Kier alpha value is -3.80. The number of aliphatic hydroxyl groups excluding tert-OH is 2. The molecular weight excluding hydrogens is 484 g/mol. The highest BCUT2D eigenvalue weighted by atomic mass is 35.5. The van der Waals surface area contributed by atoms with E-state index in [0.717, 1.165) is 28.4 Å². The molecule has 188 valence electrons. The summed E-state index contributed by atoms with van der Waals surface area (Å²) in [6, 6.07) is 28.1. The van der Waals surface area contributed by atoms with Crippen molar-refractivity contribution in [1.82, 2.24) is 0 Å². The predicted octanol–water partition coefficient (Wildman–Crippen LogP) is 6.82. The number of rotatable bonds is 7. The minimum absolute atomic E-state index is 0.000553. The first-order chi connectivity index (χ1) is 18.0. The second-order valence-corrected chi connectivity index (χ2v) is 9.74. The fourth-order valence-electron chi connectivity index (χ4n) is 4.93. The first-order valence-electron chi connectivity index (χ1n) is 12.5. The van der Waals surface area contributed by atoms with Crippen LogP contribution in [0, 0.1) is 0 Å². The number of fused-ring (bicyclic) bond motifs is 2. The van der Waals surface area contributed by atoms with Crippen molar-refractivity contribution >= 4 is 39.7 Å². The highest BCUT2D eigenvalue weighted by molar-refractivity contribution is 6.30. The molecular formula is C31H29ClN2O3. The molecule has 0 saturated heterocycles. The van der Waals surface area contributed by atoms with Gasteiger partial charge in [0.1, 0.15) is 11.9 Å². The molecule has 5 rings (SSSR count). The highest BCUT2D eigenvalue weighted by Gasteiger charge is 2.38. The van der Waals surface area contributed by atoms with Crippen molar-refractivity contribution in [2.24, 2.45) is 0 Å². The third-order valence-corrected chi connectivity index (χ3v) is 7.02. The predicted molar refractivity (Wildman–Crippen MR) is 150 cm³/mol. The molecule has 4 aromatic rings. The summed E-state index contributed by atoms with van der Waals surface area (Å²) in [5.74, 6) is -0.553. The SMILES string of the molecule is CCCN1C(=O)C(=C(O)C(Cc2ccc(Cl)cc2)Nc2ccc3ccccc3c2)C(O)c2ccccc21. The molecule has 0 saturated carbocycles. The van der Waals surface area contributed by atoms with Crippen LogP contribution >= 0.6 is 11.6 Å². The maximum atomic E-state index is 13.7. The Morgan fingerprint density at radius 1 is 0.973 bits per heavy atom. The standard InChI is InChI=1S/C31H29ClN2O3/c1-2-17-34-27-10-6-5-9-25(27)29(35)28(31(34)37)30(36)26(18-20-11-14-23(32)15-12-20)33-24-16-13-21-7-3-4-8-22(21)19-24/h3-16,19,26,29,33,35-36H,2,17-18H2,1H3. The van der Waals surface area contributed by atoms with Crippen molar-refractivity contribution in [2.45, 2.75) is 31.9 Å². The van der Waals surface area contributed by atoms with Gasteiger partial charge in [0, 0.05) is 22.8 Å². The molecule has 1 aliphatic heterocycles. The van der Waals surface area contributed by atoms with E-state index in [1.54, 1.807) is 23.1 Å². The van der Waals surface area contributed by atoms with Gasteiger partial charge < -0.3 is 20.4 Å². The van der Waals surface area contributed by atoms with Crippen LogP contribution in [0.25, 0.3) is 10.8 Å². The van der Waals surface area contributed by atoms with Crippen molar-refractivity contribution in [1.29, 1.82) is 0 Å². The van der Waals surface area contributed by atoms with Crippen LogP contribution in [0.5, 0.6) is 0 Å². The molecule has 0 aliphatic carbocycles. The first kappa shape index (κ1) is 24.9. The van der Waals surface area contributed by atoms with Crippen LogP contribution in [-0.2, 0) is 11.2 Å². The summed E-state index contributed by atoms with van der Waals surface area (Å²) in [6.07, 6.45) is -0.106. The first-order valence-corrected chi connectivity index (χ1v) is 12.9. The van der Waals surface area contributed by atoms with E-state index in [1.807, 2.05) is 79.7 Å². The Morgan fingerprint density at radius 2 is 1.68 bits per heavy atom. The Kier molecular flexibility index (Phi) is 7.17. The lowest BCUT2D eigenvalue weighted by Crippen LogP contribution is -2.41. The van der Waals surface area contributed by atoms with Crippen LogP contribution in [-0.4, -0.2) is 28.7 Å². The second kappa shape index (κ2) is 10.7. The number of para-hydroxylation sites is 1. The van der Waals surface area contributed by atoms with Crippen LogP contribution in [0.3, 0.4) is 0 Å². The maximum absolute atomic E-state index is 13.7. The lowest BCUT2D eigenvalue weighted by molar-refractivity contribution is -0.116. The lowest BCUT2D eigenvalue weighted by Gasteiger charge is -2.35. The molecule has 1 heterocycles. The third-order valence-electron chi connectivity index (χ3n) is 6.77. The summed E-state index contributed by atoms with van der Waals surface area (Å²) in [5.41, 5.74) is 3.01. The van der Waals surface area contributed by atoms with Crippen LogP contribution in [0.2, 0.25) is 5.02 Å². The number of amides is 1. The molecule has 2 atom stereocenters. The van der Waals surface area contributed by atoms with E-state index < -0.39 is 12.1 Å². The minimum Gasteiger partial charge on any atom is -0.509 e. The Balaban J connectivity index is 1.58. The number of anilines is 2. The summed E-state index contributed by atoms with van der Waals surface area (Å²) in [7, 11) is 0. The molecule has 6 heteroatoms. The highest BCUT2D eigenvalue weighted by Crippen LogP contribution is 2.39. The van der Waals surface area contributed by atoms with Gasteiger partial charge in [-0.1, -0.05) is 79.2 Å². The van der Waals surface area contributed by atoms with Crippen LogP contribution < -0.4 is 10.2 Å². The van der Waals surface area contributed by atoms with Gasteiger partial charge in [-0.25, -0.2) is 0 Å². The van der Waals surface area contributed by atoms with Gasteiger partial charge in [-0.2, -0.15) is 0 Å². The van der Waals surface area contributed by atoms with Crippen molar-refractivity contribution in [3.05, 3.63) is 118 Å². The van der Waals surface area contributed by atoms with Crippen molar-refractivity contribution < 1.29 is 15.0 Å². The number of carbonyl (C=O) groups is 1. The number of hydrogen-bond acceptors (Lipinski definition) is 4. The largest absolute Gasteiger partial charge is 0.509 e. The van der Waals surface area contributed by atoms with Gasteiger partial charge >= 0.3 is 0 Å². The average Bonchev–Trinajstić information content (AvgIpc) is 2.92. The summed E-state index contributed by atoms with van der Waals surface area (Å²) < 4.78 is 0. The monoisotopic (exact) mass is 512 g/mol. The molecule has 0 fully saturated rings. The molecule has 0 spiro atoms. The molecule has 0 radical (unpaired) electrons. The van der Waals surface area contributed by atoms with Crippen LogP contribution in [0.15, 0.2) is 102 Å². The molecule has 4 aromatic carbocycles. The molecule has 37 heavy (non-hydrogen) atoms. The topological polar surface area (TPSA) is 72.8 Å². The summed E-state index contributed by atoms with van der Waals surface area (Å²) in [4.78, 5) is 15.3. The quantitative estimate of drug-likeness (QED) is 0.188. The van der Waals surface area contributed by atoms with Gasteiger partial charge in [-0.3, -0.25) is 4.79 Å². The summed E-state index contributed by atoms with van der Waals surface area (Å²) >= 11 is 6.09. The Labute approximate surface area is 221 Å². The maximum Gasteiger partial charge on any atom is 0.260 e. The normalized spacial score (nSPS) is 17.4. The van der Waals surface area contributed by atoms with E-state index >= 15 is 0 Å². The average molecular weight is 513 g/mol. The minimum atomic E-state index is -1.23. The third kappa shape index (κ3) is 5.06. The van der Waals surface area contributed by atoms with Gasteiger partial charge in [0.15, 0.2) is 0 Å². The lowest BCUT2D eigenvalue weighted by atomic mass is 9.89. The number of hydrogen-bond donors (Lipinski definition) is 3. The molecule has 1 aliphatic rings. The number of halogens is 1. The number of nitrogens with one attached hydrogen (secondary N) is 1. The van der Waals surface area contributed by atoms with Gasteiger partial charge in [0.2, 0.25) is 0 Å². The van der Waals surface area contributed by atoms with Crippen LogP contribution in [0.4, 0.5) is 11.4 Å². The van der Waals surface area contributed by atoms with Gasteiger partial charge in [-0.05, 0) is 59.5 Å². The van der Waals surface area contributed by atoms with Gasteiger partial charge in [0.05, 0.1) is 17.3 Å². The zero-order valence-electron chi connectivity index (χ0n) is 20.6. The van der Waals surface area contributed by atoms with E-state index in [1.165, 1.54) is 0 Å². The smallest absolute Gasteiger partial charge is 0.260 e. The molecule has 2 unspecified atom stereocenters. The van der Waals surface area contributed by atoms with Crippen molar-refractivity contribution in [3.8, 4) is 0 Å². The van der Waals surface area contributed by atoms with E-state index in [9.17, 15) is 15.0 Å². The summed E-state index contributed by atoms with van der Waals surface area (Å²) in [6.45, 7) is 2.48. The van der Waals surface area contributed by atoms with Crippen molar-refractivity contribution in [3.63, 3.8) is 0 Å². The number of carbonyl (C=O) groups excluding carboxylic acids is 1. The molecule has 1 amide bonds. The molecule has 5 nitrogen and oxygen atoms in total. The van der Waals surface area contributed by atoms with E-state index in [-0.39, 0.29) is 17.2 Å². The zero-order valence-corrected chi connectivity index (χ0v) is 21.3. The Morgan fingerprint density at radius 3 is 2.43 bits per heavy atom.